The maximum Gasteiger partial charge on any atom is 0.203 e. The second-order valence-corrected chi connectivity index (χ2v) is 8.90. The SMILES string of the molecule is Cc1cc(=O)c2cc(Cl)c(C)cc2[nH]1.Cc1cc2[nH]c(C)c(I)c(=O)c2cc1Cl. The van der Waals surface area contributed by atoms with Crippen LogP contribution in [-0.4, -0.2) is 9.97 Å². The molecule has 0 saturated carbocycles. The number of hydrogen-bond acceptors (Lipinski definition) is 2. The van der Waals surface area contributed by atoms with Gasteiger partial charge in [0.1, 0.15) is 0 Å². The molecule has 2 aromatic heterocycles. The smallest absolute Gasteiger partial charge is 0.203 e. The highest BCUT2D eigenvalue weighted by molar-refractivity contribution is 14.1. The molecule has 2 aromatic carbocycles. The molecule has 0 aliphatic rings. The van der Waals surface area contributed by atoms with Gasteiger partial charge in [-0.1, -0.05) is 23.2 Å². The lowest BCUT2D eigenvalue weighted by molar-refractivity contribution is 1.21. The summed E-state index contributed by atoms with van der Waals surface area (Å²) >= 11 is 14.0. The lowest BCUT2D eigenvalue weighted by Crippen LogP contribution is -2.09. The highest BCUT2D eigenvalue weighted by Gasteiger charge is 2.08. The molecule has 0 bridgehead atoms. The molecule has 4 aromatic rings. The fraction of sp³-hybridized carbons (Fsp3) is 0.182. The fourth-order valence-corrected chi connectivity index (χ4v) is 3.78. The summed E-state index contributed by atoms with van der Waals surface area (Å²) in [6.07, 6.45) is 0. The largest absolute Gasteiger partial charge is 0.358 e. The minimum atomic E-state index is 0.0122. The molecule has 0 saturated heterocycles. The first kappa shape index (κ1) is 21.9. The van der Waals surface area contributed by atoms with Gasteiger partial charge in [-0.05, 0) is 85.7 Å². The number of benzene rings is 2. The molecule has 0 amide bonds. The van der Waals surface area contributed by atoms with Gasteiger partial charge in [0.2, 0.25) is 5.43 Å². The van der Waals surface area contributed by atoms with Crippen molar-refractivity contribution in [2.75, 3.05) is 0 Å². The lowest BCUT2D eigenvalue weighted by Gasteiger charge is -2.05. The second-order valence-electron chi connectivity index (χ2n) is 7.00. The van der Waals surface area contributed by atoms with E-state index in [1.165, 1.54) is 0 Å². The molecule has 2 N–H and O–H groups in total. The number of halogens is 3. The van der Waals surface area contributed by atoms with Crippen molar-refractivity contribution in [1.29, 1.82) is 0 Å². The number of rotatable bonds is 0. The Balaban J connectivity index is 0.000000166. The Bertz CT molecular complexity index is 1370. The molecule has 0 radical (unpaired) electrons. The lowest BCUT2D eigenvalue weighted by atomic mass is 10.1. The average Bonchev–Trinajstić information content (AvgIpc) is 2.64. The Hall–Kier alpha value is -1.83. The standard InChI is InChI=1S/C11H9ClINO.C11H10ClNO/c1-5-3-9-7(4-8(5)12)11(15)10(13)6(2)14-9;1-6-3-10-8(5-9(6)12)11(14)4-7(2)13-10/h3-4H,1-2H3,(H,14,15);3-5H,1-2H3,(H,13,14). The van der Waals surface area contributed by atoms with Crippen molar-refractivity contribution in [3.05, 3.63) is 86.9 Å². The van der Waals surface area contributed by atoms with E-state index < -0.39 is 0 Å². The van der Waals surface area contributed by atoms with Gasteiger partial charge in [0.15, 0.2) is 5.43 Å². The van der Waals surface area contributed by atoms with Crippen LogP contribution in [0.25, 0.3) is 21.8 Å². The number of aromatic amines is 2. The van der Waals surface area contributed by atoms with Gasteiger partial charge in [-0.2, -0.15) is 0 Å². The zero-order chi connectivity index (χ0) is 21.5. The van der Waals surface area contributed by atoms with Crippen LogP contribution in [0.5, 0.6) is 0 Å². The Morgan fingerprint density at radius 2 is 1.28 bits per heavy atom. The second kappa shape index (κ2) is 8.50. The first-order chi connectivity index (χ1) is 13.6. The van der Waals surface area contributed by atoms with Gasteiger partial charge in [0, 0.05) is 49.3 Å². The van der Waals surface area contributed by atoms with Crippen molar-refractivity contribution < 1.29 is 0 Å². The summed E-state index contributed by atoms with van der Waals surface area (Å²) in [7, 11) is 0. The fourth-order valence-electron chi connectivity index (χ4n) is 3.03. The molecule has 4 rings (SSSR count). The zero-order valence-electron chi connectivity index (χ0n) is 16.3. The Kier molecular flexibility index (Phi) is 6.41. The highest BCUT2D eigenvalue weighted by Crippen LogP contribution is 2.22. The Morgan fingerprint density at radius 3 is 1.86 bits per heavy atom. The number of pyridine rings is 2. The van der Waals surface area contributed by atoms with Gasteiger partial charge < -0.3 is 9.97 Å². The van der Waals surface area contributed by atoms with Gasteiger partial charge in [-0.3, -0.25) is 9.59 Å². The van der Waals surface area contributed by atoms with E-state index in [2.05, 4.69) is 32.6 Å². The minimum Gasteiger partial charge on any atom is -0.358 e. The molecule has 0 unspecified atom stereocenters. The van der Waals surface area contributed by atoms with Crippen LogP contribution < -0.4 is 10.9 Å². The number of H-pyrrole nitrogens is 2. The van der Waals surface area contributed by atoms with E-state index in [1.54, 1.807) is 18.2 Å². The number of aromatic nitrogens is 2. The summed E-state index contributed by atoms with van der Waals surface area (Å²) in [5, 5.41) is 2.56. The molecule has 0 aliphatic carbocycles. The Labute approximate surface area is 191 Å². The van der Waals surface area contributed by atoms with E-state index in [-0.39, 0.29) is 10.9 Å². The number of aryl methyl sites for hydroxylation is 4. The maximum absolute atomic E-state index is 11.9. The van der Waals surface area contributed by atoms with Crippen LogP contribution >= 0.6 is 45.8 Å². The van der Waals surface area contributed by atoms with E-state index in [9.17, 15) is 9.59 Å². The quantitative estimate of drug-likeness (QED) is 0.261. The number of fused-ring (bicyclic) bond motifs is 2. The molecular weight excluding hydrogens is 522 g/mol. The van der Waals surface area contributed by atoms with Gasteiger partial charge in [0.25, 0.3) is 0 Å². The molecule has 150 valence electrons. The molecular formula is C22H19Cl2IN2O2. The average molecular weight is 541 g/mol. The van der Waals surface area contributed by atoms with Gasteiger partial charge in [0.05, 0.1) is 3.57 Å². The predicted molar refractivity (Wildman–Crippen MR) is 131 cm³/mol. The third-order valence-corrected chi connectivity index (χ3v) is 6.75. The van der Waals surface area contributed by atoms with Crippen LogP contribution in [0.2, 0.25) is 10.0 Å². The van der Waals surface area contributed by atoms with E-state index in [1.807, 2.05) is 39.8 Å². The van der Waals surface area contributed by atoms with Crippen LogP contribution in [-0.2, 0) is 0 Å². The van der Waals surface area contributed by atoms with Gasteiger partial charge in [-0.15, -0.1) is 0 Å². The van der Waals surface area contributed by atoms with Crippen molar-refractivity contribution >= 4 is 67.6 Å². The van der Waals surface area contributed by atoms with Gasteiger partial charge in [-0.25, -0.2) is 0 Å². The van der Waals surface area contributed by atoms with Crippen molar-refractivity contribution in [3.8, 4) is 0 Å². The summed E-state index contributed by atoms with van der Waals surface area (Å²) < 4.78 is 0.722. The first-order valence-corrected chi connectivity index (χ1v) is 10.7. The molecule has 2 heterocycles. The molecule has 4 nitrogen and oxygen atoms in total. The van der Waals surface area contributed by atoms with Crippen molar-refractivity contribution in [1.82, 2.24) is 9.97 Å². The molecule has 29 heavy (non-hydrogen) atoms. The van der Waals surface area contributed by atoms with E-state index in [0.29, 0.717) is 20.8 Å². The Morgan fingerprint density at radius 1 is 0.759 bits per heavy atom. The molecule has 0 aliphatic heterocycles. The zero-order valence-corrected chi connectivity index (χ0v) is 20.0. The monoisotopic (exact) mass is 540 g/mol. The topological polar surface area (TPSA) is 65.7 Å². The van der Waals surface area contributed by atoms with Crippen molar-refractivity contribution in [2.24, 2.45) is 0 Å². The van der Waals surface area contributed by atoms with Crippen LogP contribution in [0.1, 0.15) is 22.5 Å². The summed E-state index contributed by atoms with van der Waals surface area (Å²) in [5.41, 5.74) is 5.46. The summed E-state index contributed by atoms with van der Waals surface area (Å²) in [5.74, 6) is 0. The number of nitrogens with one attached hydrogen (secondary N) is 2. The van der Waals surface area contributed by atoms with Crippen LogP contribution in [0.15, 0.2) is 39.9 Å². The first-order valence-electron chi connectivity index (χ1n) is 8.86. The van der Waals surface area contributed by atoms with E-state index >= 15 is 0 Å². The van der Waals surface area contributed by atoms with E-state index in [0.717, 1.165) is 37.1 Å². The number of hydrogen-bond donors (Lipinski definition) is 2. The summed E-state index contributed by atoms with van der Waals surface area (Å²) in [6.45, 7) is 7.60. The molecule has 0 spiro atoms. The van der Waals surface area contributed by atoms with E-state index in [4.69, 9.17) is 23.2 Å². The molecule has 0 atom stereocenters. The molecule has 0 fully saturated rings. The summed E-state index contributed by atoms with van der Waals surface area (Å²) in [4.78, 5) is 29.9. The molecule has 7 heteroatoms. The third kappa shape index (κ3) is 4.52. The van der Waals surface area contributed by atoms with Crippen LogP contribution in [0, 0.1) is 31.3 Å². The van der Waals surface area contributed by atoms with Crippen molar-refractivity contribution in [3.63, 3.8) is 0 Å². The van der Waals surface area contributed by atoms with Crippen LogP contribution in [0.3, 0.4) is 0 Å². The van der Waals surface area contributed by atoms with Crippen LogP contribution in [0.4, 0.5) is 0 Å². The highest BCUT2D eigenvalue weighted by atomic mass is 127. The van der Waals surface area contributed by atoms with Crippen molar-refractivity contribution in [2.45, 2.75) is 27.7 Å². The normalized spacial score (nSPS) is 10.9. The minimum absolute atomic E-state index is 0.0122. The predicted octanol–water partition coefficient (Wildman–Crippen LogP) is 6.20. The third-order valence-electron chi connectivity index (χ3n) is 4.64. The maximum atomic E-state index is 11.9. The van der Waals surface area contributed by atoms with Gasteiger partial charge >= 0.3 is 0 Å². The summed E-state index contributed by atoms with van der Waals surface area (Å²) in [6, 6.07) is 8.82.